The van der Waals surface area contributed by atoms with Crippen LogP contribution in [0, 0.1) is 0 Å². The van der Waals surface area contributed by atoms with Crippen molar-refractivity contribution < 1.29 is 9.90 Å². The average Bonchev–Trinajstić information content (AvgIpc) is 2.30. The molecule has 1 radical (unpaired) electrons. The number of hydrogen-bond acceptors (Lipinski definition) is 2. The fourth-order valence-corrected chi connectivity index (χ4v) is 3.53. The molecular formula is C7HCl5NaO2. The Kier molecular flexibility index (Phi) is 3.82. The van der Waals surface area contributed by atoms with E-state index in [0.717, 1.165) is 0 Å². The molecule has 1 N–H and O–H groups in total. The number of allylic oxidation sites excluding steroid dienone is 3. The Labute approximate surface area is 132 Å². The van der Waals surface area contributed by atoms with Gasteiger partial charge in [-0.1, -0.05) is 34.8 Å². The Bertz CT molecular complexity index is 431. The quantitative estimate of drug-likeness (QED) is 0.551. The maximum Gasteiger partial charge on any atom is 0.206 e. The van der Waals surface area contributed by atoms with Gasteiger partial charge in [0.15, 0.2) is 9.75 Å². The third kappa shape index (κ3) is 1.28. The normalized spacial score (nSPS) is 38.9. The van der Waals surface area contributed by atoms with E-state index in [9.17, 15) is 9.90 Å². The van der Waals surface area contributed by atoms with Gasteiger partial charge in [-0.15, -0.1) is 23.2 Å². The summed E-state index contributed by atoms with van der Waals surface area (Å²) in [4.78, 5) is 8.08. The fourth-order valence-electron chi connectivity index (χ4n) is 1.48. The van der Waals surface area contributed by atoms with Crippen LogP contribution in [0.5, 0.6) is 0 Å². The van der Waals surface area contributed by atoms with Gasteiger partial charge in [-0.3, -0.25) is 4.79 Å². The standard InChI is InChI=1S/C7HCl5O2.Na/c8-1-4(13)6(11)2(9)3(10)7(6,12)5(1)14;/h13H;. The monoisotopic (exact) mass is 315 g/mol. The van der Waals surface area contributed by atoms with Gasteiger partial charge in [0.05, 0.1) is 10.1 Å². The van der Waals surface area contributed by atoms with Crippen molar-refractivity contribution in [3.8, 4) is 0 Å². The first kappa shape index (κ1) is 14.5. The zero-order valence-electron chi connectivity index (χ0n) is 7.25. The zero-order valence-corrected chi connectivity index (χ0v) is 13.0. The van der Waals surface area contributed by atoms with E-state index in [-0.39, 0.29) is 39.6 Å². The second kappa shape index (κ2) is 3.96. The minimum atomic E-state index is -1.74. The molecule has 0 aromatic carbocycles. The van der Waals surface area contributed by atoms with Crippen molar-refractivity contribution in [1.82, 2.24) is 0 Å². The first-order valence-corrected chi connectivity index (χ1v) is 5.26. The van der Waals surface area contributed by atoms with Gasteiger partial charge in [-0.25, -0.2) is 0 Å². The Morgan fingerprint density at radius 3 is 1.80 bits per heavy atom. The Morgan fingerprint density at radius 2 is 1.40 bits per heavy atom. The number of ketones is 1. The summed E-state index contributed by atoms with van der Waals surface area (Å²) in [6.07, 6.45) is 0. The van der Waals surface area contributed by atoms with Crippen LogP contribution in [0.15, 0.2) is 20.9 Å². The van der Waals surface area contributed by atoms with Crippen LogP contribution in [0.4, 0.5) is 0 Å². The molecule has 2 rings (SSSR count). The van der Waals surface area contributed by atoms with Crippen LogP contribution in [0.1, 0.15) is 0 Å². The molecule has 0 aromatic heterocycles. The molecule has 0 saturated carbocycles. The van der Waals surface area contributed by atoms with Crippen molar-refractivity contribution in [3.05, 3.63) is 20.9 Å². The zero-order chi connectivity index (χ0) is 10.9. The average molecular weight is 317 g/mol. The van der Waals surface area contributed by atoms with Crippen LogP contribution in [-0.2, 0) is 4.79 Å². The maximum atomic E-state index is 11.5. The molecule has 0 aromatic rings. The summed E-state index contributed by atoms with van der Waals surface area (Å²) in [6.45, 7) is 0. The number of Topliss-reactive ketones (excluding diaryl/α,β-unsaturated/α-hetero) is 1. The van der Waals surface area contributed by atoms with Crippen LogP contribution < -0.4 is 0 Å². The van der Waals surface area contributed by atoms with E-state index in [4.69, 9.17) is 58.0 Å². The van der Waals surface area contributed by atoms with Gasteiger partial charge >= 0.3 is 0 Å². The number of aliphatic hydroxyl groups is 1. The summed E-state index contributed by atoms with van der Waals surface area (Å²) < 4.78 is 0. The van der Waals surface area contributed by atoms with Gasteiger partial charge < -0.3 is 5.11 Å². The van der Waals surface area contributed by atoms with E-state index in [2.05, 4.69) is 0 Å². The predicted molar refractivity (Wildman–Crippen MR) is 62.2 cm³/mol. The minimum absolute atomic E-state index is 0. The molecular weight excluding hydrogens is 316 g/mol. The van der Waals surface area contributed by atoms with E-state index >= 15 is 0 Å². The van der Waals surface area contributed by atoms with Crippen molar-refractivity contribution in [2.45, 2.75) is 9.75 Å². The molecule has 15 heavy (non-hydrogen) atoms. The molecule has 0 spiro atoms. The fraction of sp³-hybridized carbons (Fsp3) is 0.286. The molecule has 2 atom stereocenters. The van der Waals surface area contributed by atoms with Crippen LogP contribution in [0.25, 0.3) is 0 Å². The number of aliphatic hydroxyl groups excluding tert-OH is 1. The van der Waals surface area contributed by atoms with Crippen LogP contribution >= 0.6 is 58.0 Å². The van der Waals surface area contributed by atoms with Gasteiger partial charge in [0, 0.05) is 29.6 Å². The van der Waals surface area contributed by atoms with Gasteiger partial charge in [-0.05, 0) is 0 Å². The van der Waals surface area contributed by atoms with Crippen molar-refractivity contribution in [2.24, 2.45) is 0 Å². The summed E-state index contributed by atoms with van der Waals surface area (Å²) in [6, 6.07) is 0. The smallest absolute Gasteiger partial charge is 0.206 e. The van der Waals surface area contributed by atoms with Gasteiger partial charge in [0.1, 0.15) is 10.8 Å². The van der Waals surface area contributed by atoms with Gasteiger partial charge in [0.25, 0.3) is 0 Å². The second-order valence-electron chi connectivity index (χ2n) is 2.94. The topological polar surface area (TPSA) is 37.3 Å². The largest absolute Gasteiger partial charge is 0.508 e. The Balaban J connectivity index is 0.00000112. The number of rotatable bonds is 0. The van der Waals surface area contributed by atoms with Crippen LogP contribution in [0.2, 0.25) is 0 Å². The minimum Gasteiger partial charge on any atom is -0.508 e. The number of carbonyl (C=O) groups is 1. The molecule has 77 valence electrons. The van der Waals surface area contributed by atoms with E-state index < -0.39 is 26.3 Å². The van der Waals surface area contributed by atoms with E-state index in [1.54, 1.807) is 0 Å². The first-order valence-electron chi connectivity index (χ1n) is 3.37. The van der Waals surface area contributed by atoms with Crippen molar-refractivity contribution in [3.63, 3.8) is 0 Å². The molecule has 8 heteroatoms. The second-order valence-corrected chi connectivity index (χ2v) is 5.20. The molecule has 0 heterocycles. The number of fused-ring (bicyclic) bond motifs is 1. The van der Waals surface area contributed by atoms with Gasteiger partial charge in [0.2, 0.25) is 5.78 Å². The molecule has 2 aliphatic rings. The van der Waals surface area contributed by atoms with Gasteiger partial charge in [-0.2, -0.15) is 0 Å². The summed E-state index contributed by atoms with van der Waals surface area (Å²) in [5, 5.41) is 8.91. The van der Waals surface area contributed by atoms with E-state index in [1.807, 2.05) is 0 Å². The number of hydrogen-bond donors (Lipinski definition) is 1. The maximum absolute atomic E-state index is 11.5. The molecule has 0 fully saturated rings. The molecule has 2 nitrogen and oxygen atoms in total. The summed E-state index contributed by atoms with van der Waals surface area (Å²) in [7, 11) is 0. The molecule has 2 aliphatic carbocycles. The molecule has 0 amide bonds. The molecule has 2 unspecified atom stereocenters. The third-order valence-corrected chi connectivity index (χ3v) is 5.30. The summed E-state index contributed by atoms with van der Waals surface area (Å²) >= 11 is 28.7. The molecule has 0 bridgehead atoms. The number of alkyl halides is 2. The van der Waals surface area contributed by atoms with Crippen molar-refractivity contribution in [2.75, 3.05) is 0 Å². The predicted octanol–water partition coefficient (Wildman–Crippen LogP) is 2.85. The SMILES string of the molecule is O=C1C(Cl)=C(O)C2(Cl)C(Cl)=C(Cl)C12Cl.[Na]. The Morgan fingerprint density at radius 1 is 1.00 bits per heavy atom. The number of carbonyl (C=O) groups excluding carboxylic acids is 1. The number of halogens is 5. The summed E-state index contributed by atoms with van der Waals surface area (Å²) in [5.41, 5.74) is 0. The molecule has 0 saturated heterocycles. The third-order valence-electron chi connectivity index (χ3n) is 2.32. The van der Waals surface area contributed by atoms with Crippen molar-refractivity contribution in [1.29, 1.82) is 0 Å². The van der Waals surface area contributed by atoms with Crippen LogP contribution in [-0.4, -0.2) is 50.2 Å². The van der Waals surface area contributed by atoms with E-state index in [1.165, 1.54) is 0 Å². The first-order chi connectivity index (χ1) is 6.29. The van der Waals surface area contributed by atoms with Crippen molar-refractivity contribution >= 4 is 93.3 Å². The summed E-state index contributed by atoms with van der Waals surface area (Å²) in [5.74, 6) is -1.28. The van der Waals surface area contributed by atoms with E-state index in [0.29, 0.717) is 0 Å². The van der Waals surface area contributed by atoms with Crippen LogP contribution in [0.3, 0.4) is 0 Å². The molecule has 0 aliphatic heterocycles. The Hall–Kier alpha value is 1.40.